The summed E-state index contributed by atoms with van der Waals surface area (Å²) in [4.78, 5) is 30.4. The molecule has 156 valence electrons. The number of ether oxygens (including phenoxy) is 1. The van der Waals surface area contributed by atoms with Crippen LogP contribution in [0.5, 0.6) is 5.88 Å². The Kier molecular flexibility index (Phi) is 6.02. The summed E-state index contributed by atoms with van der Waals surface area (Å²) in [7, 11) is 3.33. The fraction of sp³-hybridized carbons (Fsp3) is 0.524. The Bertz CT molecular complexity index is 930. The highest BCUT2D eigenvalue weighted by Gasteiger charge is 2.26. The lowest BCUT2D eigenvalue weighted by Gasteiger charge is -2.23. The molecule has 0 spiro atoms. The Labute approximate surface area is 172 Å². The molecule has 1 fully saturated rings. The van der Waals surface area contributed by atoms with Crippen molar-refractivity contribution in [1.82, 2.24) is 19.9 Å². The van der Waals surface area contributed by atoms with Crippen LogP contribution in [0.25, 0.3) is 0 Å². The molecule has 1 amide bonds. The van der Waals surface area contributed by atoms with Gasteiger partial charge in [0.2, 0.25) is 11.7 Å². The average molecular weight is 399 g/mol. The zero-order valence-electron chi connectivity index (χ0n) is 18.1. The molecular weight excluding hydrogens is 368 g/mol. The summed E-state index contributed by atoms with van der Waals surface area (Å²) in [5.41, 5.74) is 10.6. The third kappa shape index (κ3) is 4.32. The molecule has 2 N–H and O–H groups in total. The lowest BCUT2D eigenvalue weighted by Crippen LogP contribution is -2.31. The fourth-order valence-electron chi connectivity index (χ4n) is 3.67. The van der Waals surface area contributed by atoms with Crippen LogP contribution in [0.4, 0.5) is 5.82 Å². The number of pyridine rings is 1. The number of amides is 1. The van der Waals surface area contributed by atoms with Crippen molar-refractivity contribution in [3.05, 3.63) is 40.0 Å². The van der Waals surface area contributed by atoms with Crippen LogP contribution in [0.1, 0.15) is 45.1 Å². The van der Waals surface area contributed by atoms with Gasteiger partial charge in [-0.3, -0.25) is 4.79 Å². The van der Waals surface area contributed by atoms with Crippen LogP contribution in [0.15, 0.2) is 6.07 Å². The second kappa shape index (κ2) is 8.32. The number of hydrogen-bond donors (Lipinski definition) is 1. The smallest absolute Gasteiger partial charge is 0.291 e. The van der Waals surface area contributed by atoms with E-state index < -0.39 is 0 Å². The Morgan fingerprint density at radius 1 is 1.28 bits per heavy atom. The lowest BCUT2D eigenvalue weighted by molar-refractivity contribution is 0.0771. The van der Waals surface area contributed by atoms with Gasteiger partial charge in [0, 0.05) is 48.7 Å². The number of carbonyl (C=O) groups excluding carboxylic acids is 1. The zero-order chi connectivity index (χ0) is 21.3. The molecule has 1 saturated heterocycles. The SMILES string of the molecule is COc1nc(C)cc(C)c1CN(C)C(=O)c1nc(C)c(C)c(N2CC[C@@H](N)C2)n1. The second-order valence-corrected chi connectivity index (χ2v) is 7.81. The monoisotopic (exact) mass is 398 g/mol. The minimum Gasteiger partial charge on any atom is -0.481 e. The van der Waals surface area contributed by atoms with E-state index in [9.17, 15) is 4.79 Å². The van der Waals surface area contributed by atoms with Crippen LogP contribution in [-0.2, 0) is 6.54 Å². The molecule has 8 nitrogen and oxygen atoms in total. The third-order valence-electron chi connectivity index (χ3n) is 5.45. The highest BCUT2D eigenvalue weighted by molar-refractivity contribution is 5.91. The fourth-order valence-corrected chi connectivity index (χ4v) is 3.67. The first-order chi connectivity index (χ1) is 13.7. The zero-order valence-corrected chi connectivity index (χ0v) is 18.1. The van der Waals surface area contributed by atoms with Crippen molar-refractivity contribution in [3.63, 3.8) is 0 Å². The largest absolute Gasteiger partial charge is 0.481 e. The first-order valence-corrected chi connectivity index (χ1v) is 9.83. The van der Waals surface area contributed by atoms with Gasteiger partial charge in [-0.1, -0.05) is 0 Å². The minimum atomic E-state index is -0.236. The Hall–Kier alpha value is -2.74. The molecule has 3 rings (SSSR count). The number of carbonyl (C=O) groups is 1. The molecule has 0 radical (unpaired) electrons. The van der Waals surface area contributed by atoms with Crippen LogP contribution in [0.2, 0.25) is 0 Å². The summed E-state index contributed by atoms with van der Waals surface area (Å²) >= 11 is 0. The van der Waals surface area contributed by atoms with Crippen molar-refractivity contribution < 1.29 is 9.53 Å². The van der Waals surface area contributed by atoms with E-state index in [2.05, 4.69) is 19.9 Å². The maximum Gasteiger partial charge on any atom is 0.291 e. The number of hydrogen-bond acceptors (Lipinski definition) is 7. The van der Waals surface area contributed by atoms with Crippen molar-refractivity contribution in [1.29, 1.82) is 0 Å². The van der Waals surface area contributed by atoms with Crippen molar-refractivity contribution in [2.24, 2.45) is 5.73 Å². The summed E-state index contributed by atoms with van der Waals surface area (Å²) in [5.74, 6) is 1.30. The van der Waals surface area contributed by atoms with Crippen molar-refractivity contribution in [2.45, 2.75) is 46.7 Å². The number of nitrogens with two attached hydrogens (primary N) is 1. The molecule has 1 aliphatic heterocycles. The van der Waals surface area contributed by atoms with Gasteiger partial charge in [-0.2, -0.15) is 0 Å². The maximum absolute atomic E-state index is 13.1. The molecule has 2 aromatic rings. The lowest BCUT2D eigenvalue weighted by atomic mass is 10.1. The van der Waals surface area contributed by atoms with Crippen LogP contribution in [0.3, 0.4) is 0 Å². The summed E-state index contributed by atoms with van der Waals surface area (Å²) in [6.07, 6.45) is 0.922. The van der Waals surface area contributed by atoms with E-state index in [4.69, 9.17) is 10.5 Å². The second-order valence-electron chi connectivity index (χ2n) is 7.81. The molecular formula is C21H30N6O2. The van der Waals surface area contributed by atoms with Crippen molar-refractivity contribution in [2.75, 3.05) is 32.1 Å². The molecule has 29 heavy (non-hydrogen) atoms. The summed E-state index contributed by atoms with van der Waals surface area (Å²) < 4.78 is 5.43. The Morgan fingerprint density at radius 3 is 2.62 bits per heavy atom. The van der Waals surface area contributed by atoms with E-state index in [-0.39, 0.29) is 17.8 Å². The summed E-state index contributed by atoms with van der Waals surface area (Å²) in [5, 5.41) is 0. The van der Waals surface area contributed by atoms with Crippen LogP contribution < -0.4 is 15.4 Å². The van der Waals surface area contributed by atoms with Gasteiger partial charge >= 0.3 is 0 Å². The maximum atomic E-state index is 13.1. The summed E-state index contributed by atoms with van der Waals surface area (Å²) in [6, 6.07) is 2.12. The van der Waals surface area contributed by atoms with E-state index in [0.29, 0.717) is 12.4 Å². The van der Waals surface area contributed by atoms with Gasteiger partial charge in [0.25, 0.3) is 5.91 Å². The molecule has 0 aromatic carbocycles. The van der Waals surface area contributed by atoms with E-state index >= 15 is 0 Å². The van der Waals surface area contributed by atoms with E-state index in [1.54, 1.807) is 19.1 Å². The summed E-state index contributed by atoms with van der Waals surface area (Å²) in [6.45, 7) is 9.75. The number of aromatic nitrogens is 3. The van der Waals surface area contributed by atoms with Gasteiger partial charge in [-0.05, 0) is 45.7 Å². The topological polar surface area (TPSA) is 97.5 Å². The Morgan fingerprint density at radius 2 is 2.00 bits per heavy atom. The first kappa shape index (κ1) is 21.0. The quantitative estimate of drug-likeness (QED) is 0.822. The average Bonchev–Trinajstić information content (AvgIpc) is 3.11. The standard InChI is InChI=1S/C21H30N6O2/c1-12-9-13(2)23-20(29-6)17(12)11-26(5)21(28)18-24-15(4)14(3)19(25-18)27-8-7-16(22)10-27/h9,16H,7-8,10-11,22H2,1-6H3/t16-/m1/s1. The van der Waals surface area contributed by atoms with Gasteiger partial charge in [0.15, 0.2) is 0 Å². The van der Waals surface area contributed by atoms with E-state index in [1.165, 1.54) is 0 Å². The van der Waals surface area contributed by atoms with Gasteiger partial charge < -0.3 is 20.3 Å². The van der Waals surface area contributed by atoms with Crippen LogP contribution >= 0.6 is 0 Å². The predicted molar refractivity (Wildman–Crippen MR) is 112 cm³/mol. The molecule has 1 aliphatic rings. The molecule has 3 heterocycles. The van der Waals surface area contributed by atoms with E-state index in [1.807, 2.05) is 33.8 Å². The molecule has 1 atom stereocenters. The first-order valence-electron chi connectivity index (χ1n) is 9.83. The van der Waals surface area contributed by atoms with Gasteiger partial charge in [0.05, 0.1) is 13.7 Å². The van der Waals surface area contributed by atoms with Crippen molar-refractivity contribution >= 4 is 11.7 Å². The van der Waals surface area contributed by atoms with Gasteiger partial charge in [-0.15, -0.1) is 0 Å². The molecule has 0 aliphatic carbocycles. The number of anilines is 1. The van der Waals surface area contributed by atoms with Crippen LogP contribution in [0, 0.1) is 27.7 Å². The number of aryl methyl sites for hydroxylation is 3. The molecule has 0 bridgehead atoms. The van der Waals surface area contributed by atoms with Crippen LogP contribution in [-0.4, -0.2) is 59.0 Å². The molecule has 2 aromatic heterocycles. The van der Waals surface area contributed by atoms with E-state index in [0.717, 1.165) is 53.4 Å². The predicted octanol–water partition coefficient (Wildman–Crippen LogP) is 1.92. The minimum absolute atomic E-state index is 0.135. The van der Waals surface area contributed by atoms with Gasteiger partial charge in [-0.25, -0.2) is 15.0 Å². The Balaban J connectivity index is 1.88. The van der Waals surface area contributed by atoms with Crippen molar-refractivity contribution in [3.8, 4) is 5.88 Å². The third-order valence-corrected chi connectivity index (χ3v) is 5.45. The molecule has 0 saturated carbocycles. The normalized spacial score (nSPS) is 16.2. The molecule has 8 heteroatoms. The number of nitrogens with zero attached hydrogens (tertiary/aromatic N) is 5. The van der Waals surface area contributed by atoms with Gasteiger partial charge in [0.1, 0.15) is 5.82 Å². The number of methoxy groups -OCH3 is 1. The highest BCUT2D eigenvalue weighted by Crippen LogP contribution is 2.25. The molecule has 0 unspecified atom stereocenters. The highest BCUT2D eigenvalue weighted by atomic mass is 16.5. The number of rotatable bonds is 5.